The van der Waals surface area contributed by atoms with Crippen molar-refractivity contribution in [2.24, 2.45) is 0 Å². The van der Waals surface area contributed by atoms with Crippen molar-refractivity contribution >= 4 is 17.3 Å². The van der Waals surface area contributed by atoms with Gasteiger partial charge in [0, 0.05) is 17.1 Å². The van der Waals surface area contributed by atoms with Gasteiger partial charge in [-0.1, -0.05) is 0 Å². The van der Waals surface area contributed by atoms with Crippen LogP contribution in [0, 0.1) is 5.82 Å². The van der Waals surface area contributed by atoms with Crippen molar-refractivity contribution in [1.29, 1.82) is 0 Å². The van der Waals surface area contributed by atoms with Crippen LogP contribution in [0.25, 0.3) is 11.3 Å². The third-order valence-electron chi connectivity index (χ3n) is 2.57. The topological polar surface area (TPSA) is 63.1 Å². The van der Waals surface area contributed by atoms with E-state index in [9.17, 15) is 9.18 Å². The number of hydrogen-bond acceptors (Lipinski definition) is 4. The second-order valence-corrected chi connectivity index (χ2v) is 5.22. The summed E-state index contributed by atoms with van der Waals surface area (Å²) in [6, 6.07) is 1.32. The molecule has 0 saturated heterocycles. The highest BCUT2D eigenvalue weighted by atomic mass is 32.1. The second-order valence-electron chi connectivity index (χ2n) is 4.36. The highest BCUT2D eigenvalue weighted by molar-refractivity contribution is 7.10. The third kappa shape index (κ3) is 2.24. The molecule has 2 aromatic rings. The Hall–Kier alpha value is -1.82. The van der Waals surface area contributed by atoms with E-state index < -0.39 is 17.2 Å². The molecule has 2 aromatic heterocycles. The van der Waals surface area contributed by atoms with Crippen LogP contribution in [0.3, 0.4) is 0 Å². The number of aromatic nitrogens is 2. The normalized spacial score (nSPS) is 11.5. The Morgan fingerprint density at radius 1 is 1.44 bits per heavy atom. The molecule has 0 unspecified atom stereocenters. The summed E-state index contributed by atoms with van der Waals surface area (Å²) in [5.74, 6) is -1.39. The lowest BCUT2D eigenvalue weighted by atomic mass is 9.95. The fourth-order valence-corrected chi connectivity index (χ4v) is 2.28. The molecule has 0 bridgehead atoms. The minimum absolute atomic E-state index is 0.445. The minimum atomic E-state index is -1.05. The maximum Gasteiger partial charge on any atom is 0.316 e. The maximum atomic E-state index is 13.0. The molecular weight excluding hydrogens is 255 g/mol. The van der Waals surface area contributed by atoms with Crippen molar-refractivity contribution in [2.45, 2.75) is 19.3 Å². The predicted octanol–water partition coefficient (Wildman–Crippen LogP) is 2.71. The van der Waals surface area contributed by atoms with Gasteiger partial charge in [-0.3, -0.25) is 9.78 Å². The first-order valence-corrected chi connectivity index (χ1v) is 6.09. The molecule has 0 amide bonds. The van der Waals surface area contributed by atoms with Crippen molar-refractivity contribution in [3.63, 3.8) is 0 Å². The quantitative estimate of drug-likeness (QED) is 0.927. The van der Waals surface area contributed by atoms with Gasteiger partial charge in [-0.25, -0.2) is 9.37 Å². The Morgan fingerprint density at radius 2 is 2.17 bits per heavy atom. The van der Waals surface area contributed by atoms with E-state index in [1.54, 1.807) is 19.2 Å². The summed E-state index contributed by atoms with van der Waals surface area (Å²) in [5, 5.41) is 11.3. The molecule has 0 saturated carbocycles. The van der Waals surface area contributed by atoms with Crippen LogP contribution in [0.4, 0.5) is 4.39 Å². The van der Waals surface area contributed by atoms with Gasteiger partial charge in [-0.15, -0.1) is 11.3 Å². The molecule has 94 valence electrons. The van der Waals surface area contributed by atoms with Gasteiger partial charge in [-0.2, -0.15) is 0 Å². The number of nitrogens with zero attached hydrogens (tertiary/aromatic N) is 2. The number of halogens is 1. The number of carboxylic acid groups (broad SMARTS) is 1. The molecular formula is C12H11FN2O2S. The summed E-state index contributed by atoms with van der Waals surface area (Å²) in [6.45, 7) is 3.17. The molecule has 0 aromatic carbocycles. The smallest absolute Gasteiger partial charge is 0.316 e. The summed E-state index contributed by atoms with van der Waals surface area (Å²) < 4.78 is 13.0. The number of rotatable bonds is 3. The molecule has 0 aliphatic rings. The number of carbonyl (C=O) groups is 1. The second kappa shape index (κ2) is 4.45. The predicted molar refractivity (Wildman–Crippen MR) is 66.0 cm³/mol. The van der Waals surface area contributed by atoms with E-state index in [1.807, 2.05) is 0 Å². The number of thiazole rings is 1. The third-order valence-corrected chi connectivity index (χ3v) is 3.74. The van der Waals surface area contributed by atoms with Crippen LogP contribution in [-0.4, -0.2) is 21.0 Å². The molecule has 4 nitrogen and oxygen atoms in total. The molecule has 18 heavy (non-hydrogen) atoms. The Labute approximate surface area is 107 Å². The monoisotopic (exact) mass is 266 g/mol. The van der Waals surface area contributed by atoms with Gasteiger partial charge in [0.05, 0.1) is 11.9 Å². The Balaban J connectivity index is 2.40. The fraction of sp³-hybridized carbons (Fsp3) is 0.250. The van der Waals surface area contributed by atoms with E-state index in [0.717, 1.165) is 6.20 Å². The summed E-state index contributed by atoms with van der Waals surface area (Å²) in [6.07, 6.45) is 2.60. The lowest BCUT2D eigenvalue weighted by Gasteiger charge is -2.14. The minimum Gasteiger partial charge on any atom is -0.481 e. The molecule has 6 heteroatoms. The van der Waals surface area contributed by atoms with Crippen molar-refractivity contribution in [3.05, 3.63) is 34.7 Å². The number of carboxylic acids is 1. The molecule has 2 heterocycles. The van der Waals surface area contributed by atoms with E-state index in [0.29, 0.717) is 16.3 Å². The van der Waals surface area contributed by atoms with Gasteiger partial charge in [-0.05, 0) is 19.9 Å². The lowest BCUT2D eigenvalue weighted by Crippen LogP contribution is -2.28. The molecule has 1 N–H and O–H groups in total. The Kier molecular flexibility index (Phi) is 3.13. The molecule has 0 aliphatic carbocycles. The zero-order valence-electron chi connectivity index (χ0n) is 9.85. The summed E-state index contributed by atoms with van der Waals surface area (Å²) in [5.41, 5.74) is 0.0268. The SMILES string of the molecule is CC(C)(C(=O)O)c1nc(-c2cncc(F)c2)cs1. The van der Waals surface area contributed by atoms with Crippen LogP contribution in [0.1, 0.15) is 18.9 Å². The van der Waals surface area contributed by atoms with Crippen molar-refractivity contribution < 1.29 is 14.3 Å². The van der Waals surface area contributed by atoms with E-state index in [-0.39, 0.29) is 0 Å². The average molecular weight is 266 g/mol. The van der Waals surface area contributed by atoms with E-state index in [2.05, 4.69) is 9.97 Å². The van der Waals surface area contributed by atoms with Crippen LogP contribution >= 0.6 is 11.3 Å². The van der Waals surface area contributed by atoms with Crippen LogP contribution in [0.2, 0.25) is 0 Å². The summed E-state index contributed by atoms with van der Waals surface area (Å²) >= 11 is 1.24. The zero-order valence-corrected chi connectivity index (χ0v) is 10.7. The molecule has 0 spiro atoms. The van der Waals surface area contributed by atoms with Crippen LogP contribution in [0.5, 0.6) is 0 Å². The first-order chi connectivity index (χ1) is 8.41. The van der Waals surface area contributed by atoms with Crippen molar-refractivity contribution in [3.8, 4) is 11.3 Å². The van der Waals surface area contributed by atoms with Crippen molar-refractivity contribution in [1.82, 2.24) is 9.97 Å². The summed E-state index contributed by atoms with van der Waals surface area (Å²) in [4.78, 5) is 19.1. The van der Waals surface area contributed by atoms with E-state index >= 15 is 0 Å². The van der Waals surface area contributed by atoms with Gasteiger partial charge in [0.1, 0.15) is 16.2 Å². The van der Waals surface area contributed by atoms with Crippen molar-refractivity contribution in [2.75, 3.05) is 0 Å². The van der Waals surface area contributed by atoms with E-state index in [1.165, 1.54) is 23.6 Å². The Morgan fingerprint density at radius 3 is 2.78 bits per heavy atom. The van der Waals surface area contributed by atoms with Gasteiger partial charge in [0.15, 0.2) is 0 Å². The summed E-state index contributed by atoms with van der Waals surface area (Å²) in [7, 11) is 0. The highest BCUT2D eigenvalue weighted by Crippen LogP contribution is 2.30. The van der Waals surface area contributed by atoms with Crippen LogP contribution in [0.15, 0.2) is 23.8 Å². The van der Waals surface area contributed by atoms with Gasteiger partial charge >= 0.3 is 5.97 Å². The van der Waals surface area contributed by atoms with Gasteiger partial charge in [0.25, 0.3) is 0 Å². The fourth-order valence-electron chi connectivity index (χ4n) is 1.34. The molecule has 0 radical (unpaired) electrons. The zero-order chi connectivity index (χ0) is 13.3. The standard InChI is InChI=1S/C12H11FN2O2S/c1-12(2,11(16)17)10-15-9(6-18-10)7-3-8(13)5-14-4-7/h3-6H,1-2H3,(H,16,17). The number of aliphatic carboxylic acids is 1. The highest BCUT2D eigenvalue weighted by Gasteiger charge is 2.32. The first kappa shape index (κ1) is 12.6. The lowest BCUT2D eigenvalue weighted by molar-refractivity contribution is -0.142. The number of pyridine rings is 1. The average Bonchev–Trinajstić information content (AvgIpc) is 2.78. The molecule has 0 fully saturated rings. The molecule has 0 atom stereocenters. The maximum absolute atomic E-state index is 13.0. The van der Waals surface area contributed by atoms with Gasteiger partial charge in [0.2, 0.25) is 0 Å². The Bertz CT molecular complexity index is 595. The van der Waals surface area contributed by atoms with Crippen LogP contribution < -0.4 is 0 Å². The first-order valence-electron chi connectivity index (χ1n) is 5.21. The number of hydrogen-bond donors (Lipinski definition) is 1. The molecule has 0 aliphatic heterocycles. The largest absolute Gasteiger partial charge is 0.481 e. The van der Waals surface area contributed by atoms with Gasteiger partial charge < -0.3 is 5.11 Å². The van der Waals surface area contributed by atoms with E-state index in [4.69, 9.17) is 5.11 Å². The van der Waals surface area contributed by atoms with Crippen LogP contribution in [-0.2, 0) is 10.2 Å². The molecule has 2 rings (SSSR count).